The van der Waals surface area contributed by atoms with E-state index in [0.717, 1.165) is 23.7 Å². The molecule has 0 N–H and O–H groups in total. The lowest BCUT2D eigenvalue weighted by Gasteiger charge is -2.61. The lowest BCUT2D eigenvalue weighted by Crippen LogP contribution is -2.55. The fraction of sp³-hybridized carbons (Fsp3) is 0.357. The molecule has 1 spiro atoms. The van der Waals surface area contributed by atoms with Crippen LogP contribution in [-0.4, -0.2) is 20.1 Å². The SMILES string of the molecule is [Al][n]1c2ccccc2c2c3c(ccc21)-c1ccccc1C31C2CC3CC(C2)CC1C3. The largest absolute Gasteiger partial charge is 0.452 e. The standard InChI is InChI=1S/C28H24N.Al/c1-3-7-23-20(5-1)21-9-10-25-26(22-6-2-4-8-24(22)29-25)27(21)28(23)18-12-16-11-17(14-18)15-19(28)13-16;/h1-10,16-19H,11-15H2;/q-1;+1. The molecule has 1 aromatic heterocycles. The fourth-order valence-electron chi connectivity index (χ4n) is 8.73. The molecular weight excluding hydrogens is 377 g/mol. The van der Waals surface area contributed by atoms with Gasteiger partial charge in [0.25, 0.3) is 0 Å². The van der Waals surface area contributed by atoms with Crippen molar-refractivity contribution in [1.29, 1.82) is 0 Å². The van der Waals surface area contributed by atoms with Crippen LogP contribution in [0.4, 0.5) is 0 Å². The van der Waals surface area contributed by atoms with E-state index in [0.29, 0.717) is 0 Å². The van der Waals surface area contributed by atoms with Crippen molar-refractivity contribution in [3.8, 4) is 11.1 Å². The molecule has 5 aliphatic rings. The Morgan fingerprint density at radius 2 is 1.40 bits per heavy atom. The number of hydrogen-bond acceptors (Lipinski definition) is 0. The summed E-state index contributed by atoms with van der Waals surface area (Å²) in [5, 5.41) is 2.96. The highest BCUT2D eigenvalue weighted by Gasteiger charge is 2.62. The number of fused-ring (bicyclic) bond motifs is 7. The zero-order valence-electron chi connectivity index (χ0n) is 17.1. The van der Waals surface area contributed by atoms with E-state index < -0.39 is 0 Å². The van der Waals surface area contributed by atoms with E-state index >= 15 is 0 Å². The van der Waals surface area contributed by atoms with Crippen LogP contribution < -0.4 is 0 Å². The highest BCUT2D eigenvalue weighted by Crippen LogP contribution is 2.70. The molecule has 0 atom stereocenters. The molecule has 0 aliphatic heterocycles. The Labute approximate surface area is 185 Å². The Balaban J connectivity index is 1.58. The van der Waals surface area contributed by atoms with Gasteiger partial charge in [0.2, 0.25) is 0 Å². The van der Waals surface area contributed by atoms with Gasteiger partial charge in [0, 0.05) is 27.2 Å². The topological polar surface area (TPSA) is 4.93 Å². The van der Waals surface area contributed by atoms with Gasteiger partial charge in [0.15, 0.2) is 0 Å². The van der Waals surface area contributed by atoms with Crippen molar-refractivity contribution in [2.24, 2.45) is 23.7 Å². The summed E-state index contributed by atoms with van der Waals surface area (Å²) in [7, 11) is 0. The lowest BCUT2D eigenvalue weighted by molar-refractivity contribution is -0.0393. The highest BCUT2D eigenvalue weighted by atomic mass is 27.1. The van der Waals surface area contributed by atoms with Crippen LogP contribution in [0.5, 0.6) is 0 Å². The predicted octanol–water partition coefficient (Wildman–Crippen LogP) is 6.45. The molecule has 1 heterocycles. The molecule has 0 saturated heterocycles. The number of benzene rings is 3. The van der Waals surface area contributed by atoms with Gasteiger partial charge in [-0.25, -0.2) is 0 Å². The molecule has 4 saturated carbocycles. The Hall–Kier alpha value is -2.01. The van der Waals surface area contributed by atoms with E-state index in [1.54, 1.807) is 11.1 Å². The maximum Gasteiger partial charge on any atom is 0.318 e. The molecule has 4 fully saturated rings. The van der Waals surface area contributed by atoms with Crippen LogP contribution in [0.15, 0.2) is 60.7 Å². The van der Waals surface area contributed by atoms with Crippen molar-refractivity contribution in [3.05, 3.63) is 71.8 Å². The average Bonchev–Trinajstić information content (AvgIpc) is 3.23. The van der Waals surface area contributed by atoms with Crippen molar-refractivity contribution in [3.63, 3.8) is 0 Å². The van der Waals surface area contributed by atoms with Crippen molar-refractivity contribution >= 4 is 38.3 Å². The summed E-state index contributed by atoms with van der Waals surface area (Å²) in [5.41, 5.74) is 9.32. The van der Waals surface area contributed by atoms with Gasteiger partial charge in [-0.1, -0.05) is 48.5 Å². The van der Waals surface area contributed by atoms with Gasteiger partial charge in [0.1, 0.15) is 0 Å². The van der Waals surface area contributed by atoms with Crippen molar-refractivity contribution in [2.75, 3.05) is 0 Å². The number of hydrogen-bond donors (Lipinski definition) is 0. The van der Waals surface area contributed by atoms with E-state index in [2.05, 4.69) is 80.7 Å². The summed E-state index contributed by atoms with van der Waals surface area (Å²) in [6, 6.07) is 23.3. The summed E-state index contributed by atoms with van der Waals surface area (Å²) in [4.78, 5) is 0. The summed E-state index contributed by atoms with van der Waals surface area (Å²) >= 11 is 2.99. The van der Waals surface area contributed by atoms with Crippen molar-refractivity contribution < 1.29 is 0 Å². The number of aromatic nitrogens is 1. The van der Waals surface area contributed by atoms with Crippen molar-refractivity contribution in [2.45, 2.75) is 37.5 Å². The number of rotatable bonds is 0. The summed E-state index contributed by atoms with van der Waals surface area (Å²) in [6.07, 6.45) is 7.27. The second-order valence-corrected chi connectivity index (χ2v) is 11.0. The van der Waals surface area contributed by atoms with E-state index in [1.165, 1.54) is 65.0 Å². The maximum absolute atomic E-state index is 2.99. The van der Waals surface area contributed by atoms with Gasteiger partial charge in [-0.15, -0.1) is 0 Å². The van der Waals surface area contributed by atoms with Crippen LogP contribution in [0.25, 0.3) is 32.9 Å². The quantitative estimate of drug-likeness (QED) is 0.299. The molecule has 0 amide bonds. The minimum Gasteiger partial charge on any atom is -0.452 e. The second-order valence-electron chi connectivity index (χ2n) is 10.5. The molecule has 5 aliphatic carbocycles. The molecule has 4 aromatic rings. The molecule has 1 nitrogen and oxygen atoms in total. The molecule has 144 valence electrons. The zero-order chi connectivity index (χ0) is 19.6. The van der Waals surface area contributed by atoms with Crippen LogP contribution in [0, 0.1) is 23.7 Å². The molecule has 3 aromatic carbocycles. The first-order chi connectivity index (χ1) is 14.8. The summed E-state index contributed by atoms with van der Waals surface area (Å²) in [5.74, 6) is 3.59. The Morgan fingerprint density at radius 1 is 0.700 bits per heavy atom. The van der Waals surface area contributed by atoms with E-state index in [4.69, 9.17) is 0 Å². The van der Waals surface area contributed by atoms with Crippen LogP contribution in [-0.2, 0) is 5.41 Å². The molecule has 30 heavy (non-hydrogen) atoms. The third-order valence-electron chi connectivity index (χ3n) is 9.38. The first-order valence-corrected chi connectivity index (χ1v) is 12.2. The van der Waals surface area contributed by atoms with Gasteiger partial charge in [0.05, 0.1) is 0 Å². The highest BCUT2D eigenvalue weighted by molar-refractivity contribution is 6.23. The molecule has 9 rings (SSSR count). The predicted molar refractivity (Wildman–Crippen MR) is 124 cm³/mol. The fourth-order valence-corrected chi connectivity index (χ4v) is 9.17. The number of para-hydroxylation sites is 1. The Bertz CT molecular complexity index is 1350. The second kappa shape index (κ2) is 5.42. The molecule has 2 heteroatoms. The third kappa shape index (κ3) is 1.73. The normalized spacial score (nSPS) is 32.9. The van der Waals surface area contributed by atoms with Gasteiger partial charge in [-0.05, 0) is 90.2 Å². The minimum atomic E-state index is 0.230. The Kier molecular flexibility index (Phi) is 3.01. The van der Waals surface area contributed by atoms with E-state index in [9.17, 15) is 0 Å². The molecule has 4 bridgehead atoms. The van der Waals surface area contributed by atoms with E-state index in [1.807, 2.05) is 0 Å². The van der Waals surface area contributed by atoms with Crippen LogP contribution >= 0.6 is 0 Å². The van der Waals surface area contributed by atoms with Gasteiger partial charge >= 0.3 is 16.5 Å². The van der Waals surface area contributed by atoms with Crippen LogP contribution in [0.2, 0.25) is 0 Å². The minimum absolute atomic E-state index is 0.230. The lowest BCUT2D eigenvalue weighted by atomic mass is 9.43. The van der Waals surface area contributed by atoms with Crippen LogP contribution in [0.1, 0.15) is 43.2 Å². The van der Waals surface area contributed by atoms with Crippen LogP contribution in [0.3, 0.4) is 0 Å². The first-order valence-electron chi connectivity index (χ1n) is 11.7. The molecular formula is C28H24AlN. The summed E-state index contributed by atoms with van der Waals surface area (Å²) in [6.45, 7) is 0. The van der Waals surface area contributed by atoms with Crippen molar-refractivity contribution in [1.82, 2.24) is 3.55 Å². The summed E-state index contributed by atoms with van der Waals surface area (Å²) < 4.78 is 2.34. The zero-order valence-corrected chi connectivity index (χ0v) is 18.3. The monoisotopic (exact) mass is 401 g/mol. The molecule has 0 unspecified atom stereocenters. The van der Waals surface area contributed by atoms with Gasteiger partial charge in [-0.2, -0.15) is 0 Å². The van der Waals surface area contributed by atoms with E-state index in [-0.39, 0.29) is 5.41 Å². The Morgan fingerprint density at radius 3 is 2.20 bits per heavy atom. The smallest absolute Gasteiger partial charge is 0.318 e. The molecule has 2 radical (unpaired) electrons. The first kappa shape index (κ1) is 16.7. The average molecular weight is 401 g/mol. The van der Waals surface area contributed by atoms with Gasteiger partial charge < -0.3 is 3.55 Å². The third-order valence-corrected chi connectivity index (χ3v) is 9.93. The van der Waals surface area contributed by atoms with Gasteiger partial charge in [-0.3, -0.25) is 0 Å². The maximum atomic E-state index is 2.99. The number of nitrogens with zero attached hydrogens (tertiary/aromatic N) is 1.